The van der Waals surface area contributed by atoms with Crippen LogP contribution in [0.3, 0.4) is 0 Å². The minimum Gasteiger partial charge on any atom is -0.361 e. The van der Waals surface area contributed by atoms with Gasteiger partial charge in [-0.1, -0.05) is 52.0 Å². The molecule has 152 valence electrons. The first-order chi connectivity index (χ1) is 14.6. The molecule has 0 fully saturated rings. The number of carbonyl (C=O) groups is 1. The molecule has 8 heteroatoms. The number of halogens is 1. The number of para-hydroxylation sites is 1. The Hall–Kier alpha value is -2.84. The molecule has 0 saturated carbocycles. The van der Waals surface area contributed by atoms with E-state index in [-0.39, 0.29) is 11.7 Å². The first-order valence-corrected chi connectivity index (χ1v) is 11.2. The van der Waals surface area contributed by atoms with Crippen molar-refractivity contribution in [2.24, 2.45) is 0 Å². The Morgan fingerprint density at radius 1 is 1.20 bits per heavy atom. The first-order valence-electron chi connectivity index (χ1n) is 9.40. The van der Waals surface area contributed by atoms with Crippen molar-refractivity contribution in [3.63, 3.8) is 0 Å². The predicted octanol–water partition coefficient (Wildman–Crippen LogP) is 5.03. The summed E-state index contributed by atoms with van der Waals surface area (Å²) in [6.07, 6.45) is 4.47. The van der Waals surface area contributed by atoms with Gasteiger partial charge in [-0.25, -0.2) is 0 Å². The fourth-order valence-electron chi connectivity index (χ4n) is 3.18. The van der Waals surface area contributed by atoms with E-state index >= 15 is 0 Å². The number of aromatic amines is 1. The number of amides is 1. The van der Waals surface area contributed by atoms with Gasteiger partial charge in [0.05, 0.1) is 5.75 Å². The standard InChI is InChI=1S/C22H20BrN5OS/c1-2-11-28-20(12-15-13-24-19-6-4-3-5-18(15)19)26-27-22(28)30-14-21(29)25-17-9-7-16(23)8-10-17/h2-10,13,24H,1,11-12,14H2,(H,25,29). The van der Waals surface area contributed by atoms with Crippen molar-refractivity contribution in [1.82, 2.24) is 19.7 Å². The van der Waals surface area contributed by atoms with Gasteiger partial charge < -0.3 is 14.9 Å². The van der Waals surface area contributed by atoms with Crippen molar-refractivity contribution >= 4 is 50.2 Å². The Morgan fingerprint density at radius 3 is 2.80 bits per heavy atom. The van der Waals surface area contributed by atoms with Crippen molar-refractivity contribution in [3.8, 4) is 0 Å². The summed E-state index contributed by atoms with van der Waals surface area (Å²) in [5, 5.41) is 13.5. The molecule has 0 aliphatic rings. The van der Waals surface area contributed by atoms with E-state index in [9.17, 15) is 4.79 Å². The number of allylic oxidation sites excluding steroid dienone is 1. The third-order valence-electron chi connectivity index (χ3n) is 4.59. The Bertz CT molecular complexity index is 1180. The number of rotatable bonds is 8. The summed E-state index contributed by atoms with van der Waals surface area (Å²) in [5.41, 5.74) is 3.02. The van der Waals surface area contributed by atoms with E-state index in [1.807, 2.05) is 53.2 Å². The van der Waals surface area contributed by atoms with Crippen LogP contribution in [0.1, 0.15) is 11.4 Å². The minimum absolute atomic E-state index is 0.0892. The third-order valence-corrected chi connectivity index (χ3v) is 6.08. The Labute approximate surface area is 186 Å². The molecule has 1 amide bonds. The van der Waals surface area contributed by atoms with Crippen LogP contribution >= 0.6 is 27.7 Å². The normalized spacial score (nSPS) is 11.0. The van der Waals surface area contributed by atoms with E-state index in [0.717, 1.165) is 27.1 Å². The van der Waals surface area contributed by atoms with Crippen molar-refractivity contribution < 1.29 is 4.79 Å². The largest absolute Gasteiger partial charge is 0.361 e. The van der Waals surface area contributed by atoms with Crippen LogP contribution < -0.4 is 5.32 Å². The number of H-pyrrole nitrogens is 1. The van der Waals surface area contributed by atoms with Crippen LogP contribution in [0.4, 0.5) is 5.69 Å². The van der Waals surface area contributed by atoms with E-state index in [1.165, 1.54) is 17.1 Å². The molecule has 0 aliphatic carbocycles. The van der Waals surface area contributed by atoms with Gasteiger partial charge >= 0.3 is 0 Å². The molecule has 2 aromatic carbocycles. The number of nitrogens with one attached hydrogen (secondary N) is 2. The quantitative estimate of drug-likeness (QED) is 0.273. The molecule has 2 N–H and O–H groups in total. The second kappa shape index (κ2) is 9.32. The van der Waals surface area contributed by atoms with Crippen LogP contribution in [0.15, 0.2) is 77.0 Å². The molecule has 0 saturated heterocycles. The maximum atomic E-state index is 12.3. The van der Waals surface area contributed by atoms with Crippen LogP contribution in [0.25, 0.3) is 10.9 Å². The molecule has 4 aromatic rings. The van der Waals surface area contributed by atoms with Gasteiger partial charge in [0.1, 0.15) is 5.82 Å². The fraction of sp³-hybridized carbons (Fsp3) is 0.136. The molecule has 0 atom stereocenters. The van der Waals surface area contributed by atoms with Gasteiger partial charge in [-0.3, -0.25) is 4.79 Å². The smallest absolute Gasteiger partial charge is 0.234 e. The van der Waals surface area contributed by atoms with Crippen molar-refractivity contribution in [2.75, 3.05) is 11.1 Å². The summed E-state index contributed by atoms with van der Waals surface area (Å²) in [6, 6.07) is 15.7. The van der Waals surface area contributed by atoms with Gasteiger partial charge in [0.15, 0.2) is 5.16 Å². The summed E-state index contributed by atoms with van der Waals surface area (Å²) < 4.78 is 2.97. The third kappa shape index (κ3) is 4.66. The van der Waals surface area contributed by atoms with E-state index in [4.69, 9.17) is 0 Å². The SMILES string of the molecule is C=CCn1c(Cc2c[nH]c3ccccc23)nnc1SCC(=O)Nc1ccc(Br)cc1. The number of anilines is 1. The molecular formula is C22H20BrN5OS. The van der Waals surface area contributed by atoms with Crippen LogP contribution in [0.2, 0.25) is 0 Å². The molecule has 30 heavy (non-hydrogen) atoms. The summed E-state index contributed by atoms with van der Waals surface area (Å²) >= 11 is 4.75. The van der Waals surface area contributed by atoms with Gasteiger partial charge in [0.2, 0.25) is 5.91 Å². The lowest BCUT2D eigenvalue weighted by Crippen LogP contribution is -2.14. The second-order valence-corrected chi connectivity index (χ2v) is 8.54. The van der Waals surface area contributed by atoms with Crippen molar-refractivity contribution in [2.45, 2.75) is 18.1 Å². The number of carbonyl (C=O) groups excluding carboxylic acids is 1. The highest BCUT2D eigenvalue weighted by atomic mass is 79.9. The Balaban J connectivity index is 1.46. The van der Waals surface area contributed by atoms with Gasteiger partial charge in [-0.05, 0) is 35.9 Å². The lowest BCUT2D eigenvalue weighted by Gasteiger charge is -2.08. The number of thioether (sulfide) groups is 1. The molecule has 0 radical (unpaired) electrons. The van der Waals surface area contributed by atoms with Crippen LogP contribution in [-0.4, -0.2) is 31.4 Å². The molecular weight excluding hydrogens is 462 g/mol. The Kier molecular flexibility index (Phi) is 6.35. The maximum Gasteiger partial charge on any atom is 0.234 e. The topological polar surface area (TPSA) is 75.6 Å². The van der Waals surface area contributed by atoms with Crippen LogP contribution in [0.5, 0.6) is 0 Å². The van der Waals surface area contributed by atoms with Crippen molar-refractivity contribution in [3.05, 3.63) is 83.2 Å². The molecule has 6 nitrogen and oxygen atoms in total. The zero-order valence-electron chi connectivity index (χ0n) is 16.1. The van der Waals surface area contributed by atoms with Gasteiger partial charge in [-0.15, -0.1) is 16.8 Å². The highest BCUT2D eigenvalue weighted by Gasteiger charge is 2.15. The van der Waals surface area contributed by atoms with E-state index in [2.05, 4.69) is 55.1 Å². The minimum atomic E-state index is -0.0892. The lowest BCUT2D eigenvalue weighted by atomic mass is 10.1. The summed E-state index contributed by atoms with van der Waals surface area (Å²) in [4.78, 5) is 15.6. The lowest BCUT2D eigenvalue weighted by molar-refractivity contribution is -0.113. The molecule has 0 spiro atoms. The number of aromatic nitrogens is 4. The first kappa shape index (κ1) is 20.4. The average Bonchev–Trinajstić information content (AvgIpc) is 3.33. The Morgan fingerprint density at radius 2 is 2.00 bits per heavy atom. The number of hydrogen-bond acceptors (Lipinski definition) is 4. The van der Waals surface area contributed by atoms with Crippen molar-refractivity contribution in [1.29, 1.82) is 0 Å². The highest BCUT2D eigenvalue weighted by Crippen LogP contribution is 2.23. The fourth-order valence-corrected chi connectivity index (χ4v) is 4.21. The molecule has 2 heterocycles. The van der Waals surface area contributed by atoms with Gasteiger partial charge in [-0.2, -0.15) is 0 Å². The zero-order chi connectivity index (χ0) is 20.9. The van der Waals surface area contributed by atoms with Gasteiger partial charge in [0, 0.05) is 40.2 Å². The molecule has 2 aromatic heterocycles. The monoisotopic (exact) mass is 481 g/mol. The summed E-state index contributed by atoms with van der Waals surface area (Å²) in [5.74, 6) is 1.00. The molecule has 4 rings (SSSR count). The summed E-state index contributed by atoms with van der Waals surface area (Å²) in [6.45, 7) is 4.43. The van der Waals surface area contributed by atoms with Gasteiger partial charge in [0.25, 0.3) is 0 Å². The van der Waals surface area contributed by atoms with E-state index in [0.29, 0.717) is 18.1 Å². The summed E-state index contributed by atoms with van der Waals surface area (Å²) in [7, 11) is 0. The molecule has 0 bridgehead atoms. The number of nitrogens with zero attached hydrogens (tertiary/aromatic N) is 3. The second-order valence-electron chi connectivity index (χ2n) is 6.68. The predicted molar refractivity (Wildman–Crippen MR) is 125 cm³/mol. The van der Waals surface area contributed by atoms with E-state index in [1.54, 1.807) is 0 Å². The average molecular weight is 482 g/mol. The maximum absolute atomic E-state index is 12.3. The van der Waals surface area contributed by atoms with Crippen LogP contribution in [-0.2, 0) is 17.8 Å². The number of hydrogen-bond donors (Lipinski definition) is 2. The number of fused-ring (bicyclic) bond motifs is 1. The molecule has 0 unspecified atom stereocenters. The highest BCUT2D eigenvalue weighted by molar-refractivity contribution is 9.10. The van der Waals surface area contributed by atoms with E-state index < -0.39 is 0 Å². The number of benzene rings is 2. The molecule has 0 aliphatic heterocycles. The van der Waals surface area contributed by atoms with Crippen LogP contribution in [0, 0.1) is 0 Å². The zero-order valence-corrected chi connectivity index (χ0v) is 18.5.